The van der Waals surface area contributed by atoms with E-state index in [2.05, 4.69) is 62.5 Å². The Bertz CT molecular complexity index is 556. The molecule has 0 saturated heterocycles. The quantitative estimate of drug-likeness (QED) is 0.0636. The molecule has 0 aliphatic rings. The zero-order valence-electron chi connectivity index (χ0n) is 24.2. The molecule has 0 radical (unpaired) electrons. The first-order valence-corrected chi connectivity index (χ1v) is 15.6. The zero-order valence-corrected chi connectivity index (χ0v) is 24.2. The van der Waals surface area contributed by atoms with Gasteiger partial charge < -0.3 is 4.74 Å². The van der Waals surface area contributed by atoms with Crippen LogP contribution in [0.15, 0.2) is 48.6 Å². The molecule has 0 atom stereocenters. The molecule has 0 saturated carbocycles. The highest BCUT2D eigenvalue weighted by atomic mass is 16.5. The maximum atomic E-state index is 11.9. The Kier molecular flexibility index (Phi) is 30.1. The van der Waals surface area contributed by atoms with Gasteiger partial charge in [0.05, 0.1) is 6.61 Å². The van der Waals surface area contributed by atoms with Gasteiger partial charge in [0.1, 0.15) is 0 Å². The van der Waals surface area contributed by atoms with Crippen LogP contribution in [0.25, 0.3) is 0 Å². The molecule has 0 heterocycles. The van der Waals surface area contributed by atoms with Crippen LogP contribution in [0.1, 0.15) is 155 Å². The molecular weight excluding hydrogens is 440 g/mol. The third-order valence-electron chi connectivity index (χ3n) is 6.45. The summed E-state index contributed by atoms with van der Waals surface area (Å²) in [4.78, 5) is 11.9. The van der Waals surface area contributed by atoms with Gasteiger partial charge in [0.15, 0.2) is 0 Å². The summed E-state index contributed by atoms with van der Waals surface area (Å²) in [6, 6.07) is 0. The molecular formula is C34H60O2. The van der Waals surface area contributed by atoms with Crippen LogP contribution < -0.4 is 0 Å². The van der Waals surface area contributed by atoms with Crippen LogP contribution in [0.5, 0.6) is 0 Å². The fraction of sp³-hybridized carbons (Fsp3) is 0.735. The largest absolute Gasteiger partial charge is 0.466 e. The van der Waals surface area contributed by atoms with Gasteiger partial charge >= 0.3 is 5.97 Å². The van der Waals surface area contributed by atoms with Crippen LogP contribution in [-0.4, -0.2) is 12.6 Å². The number of carbonyl (C=O) groups excluding carboxylic acids is 1. The van der Waals surface area contributed by atoms with E-state index in [0.717, 1.165) is 38.5 Å². The minimum Gasteiger partial charge on any atom is -0.466 e. The summed E-state index contributed by atoms with van der Waals surface area (Å²) in [5.74, 6) is 0.0000580. The molecule has 0 rings (SSSR count). The van der Waals surface area contributed by atoms with Gasteiger partial charge in [-0.15, -0.1) is 0 Å². The first kappa shape index (κ1) is 34.4. The summed E-state index contributed by atoms with van der Waals surface area (Å²) >= 11 is 0. The molecule has 0 amide bonds. The number of unbranched alkanes of at least 4 members (excludes halogenated alkanes) is 15. The third-order valence-corrected chi connectivity index (χ3v) is 6.45. The standard InChI is InChI=1S/C34H60O2/c1-3-5-7-9-11-13-15-17-18-19-21-23-25-27-29-31-33-36-34(35)32-30-28-26-24-22-20-16-14-12-10-8-6-4-2/h5,7,11,13-14,16-18H,3-4,6,8-10,12,15,19-33H2,1-2H3/b7-5+,13-11+,16-14-,18-17+. The molecule has 2 nitrogen and oxygen atoms in total. The third kappa shape index (κ3) is 30.5. The summed E-state index contributed by atoms with van der Waals surface area (Å²) in [6.07, 6.45) is 44.4. The van der Waals surface area contributed by atoms with Gasteiger partial charge in [-0.05, 0) is 70.6 Å². The molecule has 0 bridgehead atoms. The minimum absolute atomic E-state index is 0.0000580. The maximum Gasteiger partial charge on any atom is 0.305 e. The van der Waals surface area contributed by atoms with Gasteiger partial charge in [-0.25, -0.2) is 0 Å². The molecule has 208 valence electrons. The molecule has 0 aromatic heterocycles. The van der Waals surface area contributed by atoms with Crippen molar-refractivity contribution in [2.24, 2.45) is 0 Å². The van der Waals surface area contributed by atoms with Gasteiger partial charge in [0.2, 0.25) is 0 Å². The lowest BCUT2D eigenvalue weighted by atomic mass is 10.1. The molecule has 0 spiro atoms. The topological polar surface area (TPSA) is 26.3 Å². The number of hydrogen-bond donors (Lipinski definition) is 0. The summed E-state index contributed by atoms with van der Waals surface area (Å²) in [6.45, 7) is 5.03. The van der Waals surface area contributed by atoms with Crippen molar-refractivity contribution in [1.29, 1.82) is 0 Å². The summed E-state index contributed by atoms with van der Waals surface area (Å²) in [7, 11) is 0. The van der Waals surface area contributed by atoms with Crippen molar-refractivity contribution >= 4 is 5.97 Å². The monoisotopic (exact) mass is 500 g/mol. The predicted octanol–water partition coefficient (Wildman–Crippen LogP) is 11.4. The second-order valence-corrected chi connectivity index (χ2v) is 10.1. The number of carbonyl (C=O) groups is 1. The van der Waals surface area contributed by atoms with Crippen molar-refractivity contribution in [3.63, 3.8) is 0 Å². The molecule has 0 fully saturated rings. The highest BCUT2D eigenvalue weighted by Crippen LogP contribution is 2.11. The van der Waals surface area contributed by atoms with Crippen LogP contribution in [0.3, 0.4) is 0 Å². The van der Waals surface area contributed by atoms with E-state index in [0.29, 0.717) is 13.0 Å². The van der Waals surface area contributed by atoms with Crippen LogP contribution in [0.4, 0.5) is 0 Å². The molecule has 0 aliphatic carbocycles. The van der Waals surface area contributed by atoms with Crippen LogP contribution in [0, 0.1) is 0 Å². The molecule has 2 heteroatoms. The van der Waals surface area contributed by atoms with Gasteiger partial charge in [-0.2, -0.15) is 0 Å². The first-order chi connectivity index (χ1) is 17.8. The van der Waals surface area contributed by atoms with Crippen LogP contribution >= 0.6 is 0 Å². The van der Waals surface area contributed by atoms with E-state index in [1.807, 2.05) is 0 Å². The Morgan fingerprint density at radius 1 is 0.500 bits per heavy atom. The van der Waals surface area contributed by atoms with E-state index < -0.39 is 0 Å². The van der Waals surface area contributed by atoms with E-state index in [9.17, 15) is 4.79 Å². The van der Waals surface area contributed by atoms with Crippen molar-refractivity contribution in [3.05, 3.63) is 48.6 Å². The van der Waals surface area contributed by atoms with Crippen molar-refractivity contribution in [1.82, 2.24) is 0 Å². The van der Waals surface area contributed by atoms with Crippen molar-refractivity contribution < 1.29 is 9.53 Å². The molecule has 0 aromatic carbocycles. The molecule has 0 aromatic rings. The number of esters is 1. The number of ether oxygens (including phenoxy) is 1. The Morgan fingerprint density at radius 2 is 0.944 bits per heavy atom. The maximum absolute atomic E-state index is 11.9. The fourth-order valence-corrected chi connectivity index (χ4v) is 4.14. The first-order valence-electron chi connectivity index (χ1n) is 15.6. The van der Waals surface area contributed by atoms with Gasteiger partial charge in [0, 0.05) is 6.42 Å². The van der Waals surface area contributed by atoms with E-state index in [1.165, 1.54) is 96.3 Å². The Labute approximate surface area is 225 Å². The highest BCUT2D eigenvalue weighted by Gasteiger charge is 2.02. The second kappa shape index (κ2) is 31.5. The van der Waals surface area contributed by atoms with Crippen molar-refractivity contribution in [2.45, 2.75) is 155 Å². The van der Waals surface area contributed by atoms with Crippen LogP contribution in [0.2, 0.25) is 0 Å². The average Bonchev–Trinajstić information content (AvgIpc) is 2.88. The Balaban J connectivity index is 3.28. The number of allylic oxidation sites excluding steroid dienone is 8. The van der Waals surface area contributed by atoms with Gasteiger partial charge in [-0.1, -0.05) is 127 Å². The van der Waals surface area contributed by atoms with Crippen molar-refractivity contribution in [2.75, 3.05) is 6.61 Å². The second-order valence-electron chi connectivity index (χ2n) is 10.1. The SMILES string of the molecule is CC/C=C/C/C=C/C/C=C/CCCCCCCCOC(=O)CCCCCCC/C=C\CCCCCC. The lowest BCUT2D eigenvalue weighted by Crippen LogP contribution is -2.05. The van der Waals surface area contributed by atoms with Gasteiger partial charge in [0.25, 0.3) is 0 Å². The Morgan fingerprint density at radius 3 is 1.53 bits per heavy atom. The smallest absolute Gasteiger partial charge is 0.305 e. The fourth-order valence-electron chi connectivity index (χ4n) is 4.14. The predicted molar refractivity (Wildman–Crippen MR) is 160 cm³/mol. The summed E-state index contributed by atoms with van der Waals surface area (Å²) in [5, 5.41) is 0. The van der Waals surface area contributed by atoms with Crippen molar-refractivity contribution in [3.8, 4) is 0 Å². The van der Waals surface area contributed by atoms with E-state index in [-0.39, 0.29) is 5.97 Å². The normalized spacial score (nSPS) is 12.2. The zero-order chi connectivity index (χ0) is 26.2. The Hall–Kier alpha value is -1.57. The highest BCUT2D eigenvalue weighted by molar-refractivity contribution is 5.69. The lowest BCUT2D eigenvalue weighted by Gasteiger charge is -2.05. The number of rotatable bonds is 27. The molecule has 0 unspecified atom stereocenters. The van der Waals surface area contributed by atoms with E-state index in [4.69, 9.17) is 4.74 Å². The minimum atomic E-state index is 0.0000580. The number of hydrogen-bond acceptors (Lipinski definition) is 2. The van der Waals surface area contributed by atoms with Crippen LogP contribution in [-0.2, 0) is 9.53 Å². The average molecular weight is 501 g/mol. The molecule has 0 N–H and O–H groups in total. The summed E-state index contributed by atoms with van der Waals surface area (Å²) < 4.78 is 5.40. The van der Waals surface area contributed by atoms with E-state index in [1.54, 1.807) is 0 Å². The van der Waals surface area contributed by atoms with E-state index >= 15 is 0 Å². The molecule has 0 aliphatic heterocycles. The molecule has 36 heavy (non-hydrogen) atoms. The summed E-state index contributed by atoms with van der Waals surface area (Å²) in [5.41, 5.74) is 0. The lowest BCUT2D eigenvalue weighted by molar-refractivity contribution is -0.143. The van der Waals surface area contributed by atoms with Gasteiger partial charge in [-0.3, -0.25) is 4.79 Å².